The van der Waals surface area contributed by atoms with Crippen LogP contribution in [0, 0.1) is 12.3 Å². The van der Waals surface area contributed by atoms with Crippen molar-refractivity contribution in [1.82, 2.24) is 0 Å². The summed E-state index contributed by atoms with van der Waals surface area (Å²) < 4.78 is 11.4. The van der Waals surface area contributed by atoms with Crippen molar-refractivity contribution in [2.45, 2.75) is 65.8 Å². The highest BCUT2D eigenvalue weighted by molar-refractivity contribution is 5.83. The van der Waals surface area contributed by atoms with Gasteiger partial charge < -0.3 is 9.47 Å². The predicted molar refractivity (Wildman–Crippen MR) is 83.0 cm³/mol. The van der Waals surface area contributed by atoms with Crippen LogP contribution in [0.1, 0.15) is 58.8 Å². The van der Waals surface area contributed by atoms with Crippen LogP contribution in [-0.2, 0) is 14.3 Å². The Hall–Kier alpha value is -1.35. The van der Waals surface area contributed by atoms with Crippen molar-refractivity contribution in [3.05, 3.63) is 35.4 Å². The zero-order valence-corrected chi connectivity index (χ0v) is 14.1. The van der Waals surface area contributed by atoms with E-state index >= 15 is 0 Å². The Balaban J connectivity index is 2.12. The van der Waals surface area contributed by atoms with E-state index in [4.69, 9.17) is 9.47 Å². The van der Waals surface area contributed by atoms with Crippen LogP contribution in [0.3, 0.4) is 0 Å². The fourth-order valence-corrected chi connectivity index (χ4v) is 2.07. The largest absolute Gasteiger partial charge is 0.457 e. The smallest absolute Gasteiger partial charge is 0.341 e. The Morgan fingerprint density at radius 2 is 1.86 bits per heavy atom. The van der Waals surface area contributed by atoms with Crippen molar-refractivity contribution in [1.29, 1.82) is 0 Å². The van der Waals surface area contributed by atoms with Crippen molar-refractivity contribution < 1.29 is 14.3 Å². The molecule has 2 rings (SSSR count). The van der Waals surface area contributed by atoms with E-state index in [0.29, 0.717) is 0 Å². The molecule has 1 fully saturated rings. The van der Waals surface area contributed by atoms with Crippen LogP contribution in [0.5, 0.6) is 0 Å². The molecule has 0 radical (unpaired) electrons. The Morgan fingerprint density at radius 1 is 1.24 bits per heavy atom. The molecule has 1 heterocycles. The number of carbonyl (C=O) groups excluding carboxylic acids is 1. The molecule has 0 aliphatic carbocycles. The Bertz CT molecular complexity index is 554. The summed E-state index contributed by atoms with van der Waals surface area (Å²) in [6, 6.07) is 8.06. The number of epoxide rings is 1. The lowest BCUT2D eigenvalue weighted by atomic mass is 9.79. The van der Waals surface area contributed by atoms with Crippen molar-refractivity contribution in [3.8, 4) is 0 Å². The fraction of sp³-hybridized carbons (Fsp3) is 0.611. The van der Waals surface area contributed by atoms with Gasteiger partial charge in [0, 0.05) is 5.41 Å². The SMILES string of the molecule is Cc1cccc(C2OC2(C)C(=O)OC(C)(C)C(C)(C)C)c1. The number of aryl methyl sites for hydroxylation is 1. The molecule has 1 aliphatic rings. The number of benzene rings is 1. The molecule has 0 bridgehead atoms. The zero-order valence-electron chi connectivity index (χ0n) is 14.1. The van der Waals surface area contributed by atoms with Crippen LogP contribution in [0.15, 0.2) is 24.3 Å². The van der Waals surface area contributed by atoms with Gasteiger partial charge in [0.15, 0.2) is 5.60 Å². The number of ether oxygens (including phenoxy) is 2. The van der Waals surface area contributed by atoms with Gasteiger partial charge in [-0.2, -0.15) is 0 Å². The third-order valence-corrected chi connectivity index (χ3v) is 4.71. The Labute approximate surface area is 127 Å². The van der Waals surface area contributed by atoms with Gasteiger partial charge in [0.2, 0.25) is 0 Å². The van der Waals surface area contributed by atoms with Crippen LogP contribution in [0.2, 0.25) is 0 Å². The lowest BCUT2D eigenvalue weighted by Gasteiger charge is -2.38. The van der Waals surface area contributed by atoms with Crippen molar-refractivity contribution in [3.63, 3.8) is 0 Å². The Morgan fingerprint density at radius 3 is 2.38 bits per heavy atom. The third-order valence-electron chi connectivity index (χ3n) is 4.71. The van der Waals surface area contributed by atoms with Gasteiger partial charge in [0.25, 0.3) is 0 Å². The van der Waals surface area contributed by atoms with Crippen molar-refractivity contribution >= 4 is 5.97 Å². The van der Waals surface area contributed by atoms with Crippen molar-refractivity contribution in [2.24, 2.45) is 5.41 Å². The highest BCUT2D eigenvalue weighted by Gasteiger charge is 2.62. The topological polar surface area (TPSA) is 38.8 Å². The molecule has 0 spiro atoms. The lowest BCUT2D eigenvalue weighted by Crippen LogP contribution is -2.44. The maximum absolute atomic E-state index is 12.5. The molecule has 0 saturated carbocycles. The number of hydrogen-bond acceptors (Lipinski definition) is 3. The molecule has 1 aromatic rings. The molecule has 1 aliphatic heterocycles. The number of hydrogen-bond donors (Lipinski definition) is 0. The van der Waals surface area contributed by atoms with Gasteiger partial charge >= 0.3 is 5.97 Å². The van der Waals surface area contributed by atoms with Crippen LogP contribution >= 0.6 is 0 Å². The average Bonchev–Trinajstić information content (AvgIpc) is 3.01. The van der Waals surface area contributed by atoms with Gasteiger partial charge in [0.05, 0.1) is 0 Å². The van der Waals surface area contributed by atoms with E-state index in [-0.39, 0.29) is 17.5 Å². The van der Waals surface area contributed by atoms with Crippen LogP contribution in [-0.4, -0.2) is 17.2 Å². The first-order chi connectivity index (χ1) is 9.47. The molecule has 21 heavy (non-hydrogen) atoms. The highest BCUT2D eigenvalue weighted by Crippen LogP contribution is 2.51. The fourth-order valence-electron chi connectivity index (χ4n) is 2.07. The van der Waals surface area contributed by atoms with E-state index < -0.39 is 11.2 Å². The molecule has 3 nitrogen and oxygen atoms in total. The minimum Gasteiger partial charge on any atom is -0.457 e. The van der Waals surface area contributed by atoms with E-state index in [0.717, 1.165) is 11.1 Å². The summed E-state index contributed by atoms with van der Waals surface area (Å²) in [6.45, 7) is 13.9. The van der Waals surface area contributed by atoms with E-state index in [2.05, 4.69) is 26.8 Å². The van der Waals surface area contributed by atoms with E-state index in [9.17, 15) is 4.79 Å². The normalized spacial score (nSPS) is 25.6. The summed E-state index contributed by atoms with van der Waals surface area (Å²) in [5.41, 5.74) is 0.649. The summed E-state index contributed by atoms with van der Waals surface area (Å²) >= 11 is 0. The van der Waals surface area contributed by atoms with Gasteiger partial charge in [-0.25, -0.2) is 4.79 Å². The monoisotopic (exact) mass is 290 g/mol. The molecule has 0 N–H and O–H groups in total. The van der Waals surface area contributed by atoms with E-state index in [1.807, 2.05) is 39.0 Å². The average molecular weight is 290 g/mol. The summed E-state index contributed by atoms with van der Waals surface area (Å²) in [7, 11) is 0. The second-order valence-corrected chi connectivity index (χ2v) is 7.67. The molecule has 2 unspecified atom stereocenters. The van der Waals surface area contributed by atoms with Gasteiger partial charge in [0.1, 0.15) is 11.7 Å². The maximum Gasteiger partial charge on any atom is 0.341 e. The number of rotatable bonds is 3. The maximum atomic E-state index is 12.5. The quantitative estimate of drug-likeness (QED) is 0.619. The molecule has 0 amide bonds. The molecule has 0 aromatic heterocycles. The molecule has 116 valence electrons. The number of carbonyl (C=O) groups is 1. The second-order valence-electron chi connectivity index (χ2n) is 7.67. The van der Waals surface area contributed by atoms with Crippen LogP contribution in [0.25, 0.3) is 0 Å². The first-order valence-corrected chi connectivity index (χ1v) is 7.45. The summed E-state index contributed by atoms with van der Waals surface area (Å²) in [6.07, 6.45) is -0.208. The molecule has 1 aromatic carbocycles. The second kappa shape index (κ2) is 4.84. The molecule has 1 saturated heterocycles. The molecular formula is C18H26O3. The Kier molecular flexibility index (Phi) is 3.69. The standard InChI is InChI=1S/C18H26O3/c1-12-9-8-10-13(11-12)14-18(7,20-14)15(19)21-17(5,6)16(2,3)4/h8-11,14H,1-7H3. The number of esters is 1. The van der Waals surface area contributed by atoms with E-state index in [1.165, 1.54) is 0 Å². The minimum atomic E-state index is -0.865. The molecule has 3 heteroatoms. The summed E-state index contributed by atoms with van der Waals surface area (Å²) in [5.74, 6) is -0.283. The minimum absolute atomic E-state index is 0.132. The molecular weight excluding hydrogens is 264 g/mol. The first kappa shape index (κ1) is 16.0. The lowest BCUT2D eigenvalue weighted by molar-refractivity contribution is -0.173. The summed E-state index contributed by atoms with van der Waals surface area (Å²) in [5, 5.41) is 0. The van der Waals surface area contributed by atoms with Gasteiger partial charge in [-0.1, -0.05) is 50.6 Å². The van der Waals surface area contributed by atoms with Crippen LogP contribution < -0.4 is 0 Å². The third kappa shape index (κ3) is 2.98. The first-order valence-electron chi connectivity index (χ1n) is 7.45. The van der Waals surface area contributed by atoms with Gasteiger partial charge in [-0.15, -0.1) is 0 Å². The van der Waals surface area contributed by atoms with Gasteiger partial charge in [-0.05, 0) is 33.3 Å². The predicted octanol–water partition coefficient (Wildman–Crippen LogP) is 4.19. The van der Waals surface area contributed by atoms with Gasteiger partial charge in [-0.3, -0.25) is 0 Å². The van der Waals surface area contributed by atoms with Crippen molar-refractivity contribution in [2.75, 3.05) is 0 Å². The zero-order chi connectivity index (χ0) is 16.1. The van der Waals surface area contributed by atoms with Crippen LogP contribution in [0.4, 0.5) is 0 Å². The highest BCUT2D eigenvalue weighted by atomic mass is 16.7. The summed E-state index contributed by atoms with van der Waals surface area (Å²) in [4.78, 5) is 12.5. The molecule has 2 atom stereocenters. The van der Waals surface area contributed by atoms with E-state index in [1.54, 1.807) is 6.92 Å².